The molecule has 1 aliphatic rings. The molecule has 1 aromatic rings. The van der Waals surface area contributed by atoms with Gasteiger partial charge >= 0.3 is 0 Å². The Kier molecular flexibility index (Phi) is 3.09. The predicted octanol–water partition coefficient (Wildman–Crippen LogP) is 2.66. The van der Waals surface area contributed by atoms with E-state index >= 15 is 0 Å². The van der Waals surface area contributed by atoms with Gasteiger partial charge in [-0.25, -0.2) is 0 Å². The Balaban J connectivity index is 2.20. The topological polar surface area (TPSA) is 12.0 Å². The number of fused-ring (bicyclic) bond motifs is 1. The van der Waals surface area contributed by atoms with Crippen molar-refractivity contribution in [3.8, 4) is 0 Å². The van der Waals surface area contributed by atoms with Crippen LogP contribution >= 0.6 is 11.6 Å². The lowest BCUT2D eigenvalue weighted by atomic mass is 9.84. The Morgan fingerprint density at radius 1 is 1.50 bits per heavy atom. The van der Waals surface area contributed by atoms with Crippen molar-refractivity contribution in [3.05, 3.63) is 34.3 Å². The van der Waals surface area contributed by atoms with Crippen molar-refractivity contribution in [3.63, 3.8) is 0 Å². The molecule has 0 saturated carbocycles. The van der Waals surface area contributed by atoms with Gasteiger partial charge in [-0.1, -0.05) is 23.7 Å². The van der Waals surface area contributed by atoms with E-state index in [0.717, 1.165) is 23.9 Å². The van der Waals surface area contributed by atoms with Crippen molar-refractivity contribution in [1.82, 2.24) is 5.32 Å². The summed E-state index contributed by atoms with van der Waals surface area (Å²) in [4.78, 5) is 0. The molecule has 2 rings (SSSR count). The molecule has 1 aromatic carbocycles. The van der Waals surface area contributed by atoms with Crippen molar-refractivity contribution in [2.24, 2.45) is 5.92 Å². The molecule has 0 aromatic heterocycles. The average Bonchev–Trinajstić information content (AvgIpc) is 2.20. The Bertz CT molecular complexity index is 322. The van der Waals surface area contributed by atoms with Crippen LogP contribution in [0.15, 0.2) is 18.2 Å². The molecular weight excluding hydrogens is 194 g/mol. The Hall–Kier alpha value is -0.530. The van der Waals surface area contributed by atoms with Crippen LogP contribution in [0.4, 0.5) is 0 Å². The van der Waals surface area contributed by atoms with E-state index in [1.54, 1.807) is 0 Å². The van der Waals surface area contributed by atoms with Gasteiger partial charge in [0.1, 0.15) is 0 Å². The van der Waals surface area contributed by atoms with Crippen LogP contribution in [-0.4, -0.2) is 13.6 Å². The Morgan fingerprint density at radius 3 is 3.14 bits per heavy atom. The maximum Gasteiger partial charge on any atom is 0.0440 e. The quantitative estimate of drug-likeness (QED) is 0.790. The maximum atomic E-state index is 6.19. The molecule has 1 nitrogen and oxygen atoms in total. The van der Waals surface area contributed by atoms with E-state index in [0.29, 0.717) is 0 Å². The van der Waals surface area contributed by atoms with E-state index in [2.05, 4.69) is 17.4 Å². The third kappa shape index (κ3) is 1.94. The van der Waals surface area contributed by atoms with Crippen molar-refractivity contribution >= 4 is 11.6 Å². The first kappa shape index (κ1) is 10.0. The smallest absolute Gasteiger partial charge is 0.0440 e. The van der Waals surface area contributed by atoms with Crippen molar-refractivity contribution in [2.75, 3.05) is 13.6 Å². The van der Waals surface area contributed by atoms with E-state index < -0.39 is 0 Å². The Labute approximate surface area is 90.5 Å². The highest BCUT2D eigenvalue weighted by Gasteiger charge is 2.19. The summed E-state index contributed by atoms with van der Waals surface area (Å²) in [6.45, 7) is 1.10. The number of benzene rings is 1. The zero-order valence-electron chi connectivity index (χ0n) is 8.52. The van der Waals surface area contributed by atoms with Gasteiger partial charge in [0, 0.05) is 5.02 Å². The lowest BCUT2D eigenvalue weighted by molar-refractivity contribution is 0.440. The van der Waals surface area contributed by atoms with Crippen LogP contribution in [0.1, 0.15) is 17.5 Å². The van der Waals surface area contributed by atoms with Gasteiger partial charge in [0.05, 0.1) is 0 Å². The maximum absolute atomic E-state index is 6.19. The summed E-state index contributed by atoms with van der Waals surface area (Å²) >= 11 is 6.19. The molecule has 1 unspecified atom stereocenters. The number of rotatable bonds is 2. The number of hydrogen-bond acceptors (Lipinski definition) is 1. The third-order valence-electron chi connectivity index (χ3n) is 3.02. The normalized spacial score (nSPS) is 20.6. The minimum atomic E-state index is 0.757. The summed E-state index contributed by atoms with van der Waals surface area (Å²) in [6.07, 6.45) is 3.60. The number of hydrogen-bond donors (Lipinski definition) is 1. The fourth-order valence-electron chi connectivity index (χ4n) is 2.28. The zero-order chi connectivity index (χ0) is 9.97. The molecule has 1 aliphatic carbocycles. The second kappa shape index (κ2) is 4.33. The highest BCUT2D eigenvalue weighted by Crippen LogP contribution is 2.30. The molecule has 0 aliphatic heterocycles. The summed E-state index contributed by atoms with van der Waals surface area (Å²) < 4.78 is 0. The number of nitrogens with one attached hydrogen (secondary N) is 1. The fourth-order valence-corrected chi connectivity index (χ4v) is 2.55. The van der Waals surface area contributed by atoms with Crippen LogP contribution in [0.5, 0.6) is 0 Å². The molecule has 14 heavy (non-hydrogen) atoms. The largest absolute Gasteiger partial charge is 0.319 e. The van der Waals surface area contributed by atoms with Gasteiger partial charge in [-0.05, 0) is 56.0 Å². The summed E-state index contributed by atoms with van der Waals surface area (Å²) in [5, 5.41) is 4.19. The molecular formula is C12H16ClN. The number of halogens is 1. The van der Waals surface area contributed by atoms with E-state index in [1.807, 2.05) is 13.1 Å². The highest BCUT2D eigenvalue weighted by atomic mass is 35.5. The second-order valence-electron chi connectivity index (χ2n) is 4.04. The molecule has 76 valence electrons. The average molecular weight is 210 g/mol. The first-order chi connectivity index (χ1) is 6.81. The fraction of sp³-hybridized carbons (Fsp3) is 0.500. The monoisotopic (exact) mass is 209 g/mol. The van der Waals surface area contributed by atoms with Gasteiger partial charge in [-0.2, -0.15) is 0 Å². The van der Waals surface area contributed by atoms with E-state index in [4.69, 9.17) is 11.6 Å². The van der Waals surface area contributed by atoms with Crippen LogP contribution in [0, 0.1) is 5.92 Å². The van der Waals surface area contributed by atoms with Crippen molar-refractivity contribution in [2.45, 2.75) is 19.3 Å². The van der Waals surface area contributed by atoms with Gasteiger partial charge in [0.2, 0.25) is 0 Å². The summed E-state index contributed by atoms with van der Waals surface area (Å²) in [7, 11) is 2.02. The predicted molar refractivity (Wildman–Crippen MR) is 60.9 cm³/mol. The molecule has 1 atom stereocenters. The lowest BCUT2D eigenvalue weighted by Gasteiger charge is -2.25. The van der Waals surface area contributed by atoms with Gasteiger partial charge in [-0.3, -0.25) is 0 Å². The first-order valence-electron chi connectivity index (χ1n) is 5.22. The van der Waals surface area contributed by atoms with Crippen LogP contribution < -0.4 is 5.32 Å². The highest BCUT2D eigenvalue weighted by molar-refractivity contribution is 6.31. The lowest BCUT2D eigenvalue weighted by Crippen LogP contribution is -2.24. The minimum absolute atomic E-state index is 0.757. The summed E-state index contributed by atoms with van der Waals surface area (Å²) in [5.41, 5.74) is 2.82. The van der Waals surface area contributed by atoms with Crippen LogP contribution in [0.2, 0.25) is 5.02 Å². The molecule has 0 radical (unpaired) electrons. The third-order valence-corrected chi connectivity index (χ3v) is 3.38. The standard InChI is InChI=1S/C12H16ClN/c1-14-8-9-5-6-10-3-2-4-12(13)11(10)7-9/h2-4,9,14H,5-8H2,1H3. The van der Waals surface area contributed by atoms with Crippen LogP contribution in [0.25, 0.3) is 0 Å². The van der Waals surface area contributed by atoms with Gasteiger partial charge in [0.25, 0.3) is 0 Å². The molecule has 0 amide bonds. The molecule has 0 heterocycles. The number of aryl methyl sites for hydroxylation is 1. The molecule has 1 N–H and O–H groups in total. The van der Waals surface area contributed by atoms with Gasteiger partial charge < -0.3 is 5.32 Å². The van der Waals surface area contributed by atoms with E-state index in [1.165, 1.54) is 24.0 Å². The Morgan fingerprint density at radius 2 is 2.36 bits per heavy atom. The second-order valence-corrected chi connectivity index (χ2v) is 4.45. The molecule has 2 heteroatoms. The zero-order valence-corrected chi connectivity index (χ0v) is 9.27. The van der Waals surface area contributed by atoms with E-state index in [9.17, 15) is 0 Å². The molecule has 0 saturated heterocycles. The van der Waals surface area contributed by atoms with Gasteiger partial charge in [0.15, 0.2) is 0 Å². The molecule has 0 spiro atoms. The minimum Gasteiger partial charge on any atom is -0.319 e. The van der Waals surface area contributed by atoms with Crippen molar-refractivity contribution < 1.29 is 0 Å². The van der Waals surface area contributed by atoms with Crippen LogP contribution in [-0.2, 0) is 12.8 Å². The van der Waals surface area contributed by atoms with E-state index in [-0.39, 0.29) is 0 Å². The molecule has 0 fully saturated rings. The van der Waals surface area contributed by atoms with Crippen LogP contribution in [0.3, 0.4) is 0 Å². The summed E-state index contributed by atoms with van der Waals surface area (Å²) in [5.74, 6) is 0.757. The van der Waals surface area contributed by atoms with Crippen molar-refractivity contribution in [1.29, 1.82) is 0 Å². The first-order valence-corrected chi connectivity index (χ1v) is 5.60. The van der Waals surface area contributed by atoms with Gasteiger partial charge in [-0.15, -0.1) is 0 Å². The SMILES string of the molecule is CNCC1CCc2cccc(Cl)c2C1. The summed E-state index contributed by atoms with van der Waals surface area (Å²) in [6, 6.07) is 6.26. The molecule has 0 bridgehead atoms.